The molecule has 0 spiro atoms. The number of para-hydroxylation sites is 1. The van der Waals surface area contributed by atoms with E-state index >= 15 is 0 Å². The van der Waals surface area contributed by atoms with E-state index in [0.717, 1.165) is 5.56 Å². The van der Waals surface area contributed by atoms with Crippen LogP contribution < -0.4 is 9.63 Å². The maximum atomic E-state index is 12.2. The summed E-state index contributed by atoms with van der Waals surface area (Å²) in [5, 5.41) is 0. The first-order valence-electron chi connectivity index (χ1n) is 9.32. The molecule has 6 nitrogen and oxygen atoms in total. The Balaban J connectivity index is 1.90. The van der Waals surface area contributed by atoms with Crippen LogP contribution in [0, 0.1) is 0 Å². The van der Waals surface area contributed by atoms with Crippen molar-refractivity contribution in [3.63, 3.8) is 0 Å². The molecule has 0 fully saturated rings. The van der Waals surface area contributed by atoms with E-state index in [1.807, 2.05) is 81.8 Å². The lowest BCUT2D eigenvalue weighted by atomic mass is 10.2. The number of ether oxygens (including phenoxy) is 2. The molecule has 0 N–H and O–H groups in total. The van der Waals surface area contributed by atoms with Crippen molar-refractivity contribution in [1.29, 1.82) is 0 Å². The monoisotopic (exact) mass is 407 g/mol. The molecule has 2 atom stereocenters. The minimum Gasteiger partial charge on any atom is -0.778 e. The Hall–Kier alpha value is -1.69. The van der Waals surface area contributed by atoms with Gasteiger partial charge >= 0.3 is 0 Å². The first-order valence-corrected chi connectivity index (χ1v) is 11.0. The van der Waals surface area contributed by atoms with Gasteiger partial charge in [-0.2, -0.15) is 0 Å². The molecule has 0 aliphatic heterocycles. The smallest absolute Gasteiger partial charge is 0.146 e. The molecule has 2 aromatic carbocycles. The van der Waals surface area contributed by atoms with Crippen molar-refractivity contribution in [2.45, 2.75) is 12.7 Å². The van der Waals surface area contributed by atoms with E-state index < -0.39 is 13.7 Å². The summed E-state index contributed by atoms with van der Waals surface area (Å²) >= 11 is 0. The molecule has 0 bridgehead atoms. The van der Waals surface area contributed by atoms with Gasteiger partial charge in [0.05, 0.1) is 53.7 Å². The fourth-order valence-electron chi connectivity index (χ4n) is 2.37. The Morgan fingerprint density at radius 3 is 2.18 bits per heavy atom. The van der Waals surface area contributed by atoms with Gasteiger partial charge in [0, 0.05) is 0 Å². The zero-order valence-corrected chi connectivity index (χ0v) is 17.7. The fourth-order valence-corrected chi connectivity index (χ4v) is 3.74. The van der Waals surface area contributed by atoms with Gasteiger partial charge < -0.3 is 27.9 Å². The van der Waals surface area contributed by atoms with Crippen LogP contribution >= 0.6 is 7.60 Å². The van der Waals surface area contributed by atoms with Gasteiger partial charge in [-0.15, -0.1) is 0 Å². The molecule has 0 aromatic heterocycles. The highest BCUT2D eigenvalue weighted by Crippen LogP contribution is 2.37. The maximum absolute atomic E-state index is 12.2. The zero-order chi connectivity index (χ0) is 20.5. The predicted octanol–water partition coefficient (Wildman–Crippen LogP) is 2.93. The van der Waals surface area contributed by atoms with Crippen molar-refractivity contribution in [2.75, 3.05) is 47.1 Å². The number of hydrogen-bond acceptors (Lipinski definition) is 5. The van der Waals surface area contributed by atoms with Crippen molar-refractivity contribution in [3.8, 4) is 5.75 Å². The lowest BCUT2D eigenvalue weighted by Crippen LogP contribution is -2.38. The average Bonchev–Trinajstić information content (AvgIpc) is 2.66. The predicted molar refractivity (Wildman–Crippen MR) is 108 cm³/mol. The molecule has 0 heterocycles. The number of hydrogen-bond donors (Lipinski definition) is 0. The Labute approximate surface area is 167 Å². The average molecular weight is 407 g/mol. The van der Waals surface area contributed by atoms with Crippen LogP contribution in [0.5, 0.6) is 5.75 Å². The number of benzene rings is 2. The van der Waals surface area contributed by atoms with Crippen LogP contribution in [0.15, 0.2) is 60.7 Å². The summed E-state index contributed by atoms with van der Waals surface area (Å²) < 4.78 is 29.6. The van der Waals surface area contributed by atoms with E-state index in [1.165, 1.54) is 0 Å². The van der Waals surface area contributed by atoms with Crippen molar-refractivity contribution in [1.82, 2.24) is 0 Å². The zero-order valence-electron chi connectivity index (χ0n) is 16.8. The molecule has 0 saturated carbocycles. The van der Waals surface area contributed by atoms with Gasteiger partial charge in [-0.1, -0.05) is 48.5 Å². The highest BCUT2D eigenvalue weighted by atomic mass is 31.2. The van der Waals surface area contributed by atoms with E-state index in [4.69, 9.17) is 14.0 Å². The lowest BCUT2D eigenvalue weighted by molar-refractivity contribution is -0.868. The van der Waals surface area contributed by atoms with Crippen LogP contribution in [-0.2, 0) is 20.4 Å². The van der Waals surface area contributed by atoms with Gasteiger partial charge in [-0.3, -0.25) is 0 Å². The molecule has 154 valence electrons. The molecular weight excluding hydrogens is 377 g/mol. The summed E-state index contributed by atoms with van der Waals surface area (Å²) in [7, 11) is 1.89. The van der Waals surface area contributed by atoms with Crippen LogP contribution in [0.4, 0.5) is 0 Å². The first-order chi connectivity index (χ1) is 13.2. The second-order valence-corrected chi connectivity index (χ2v) is 9.63. The third-order valence-electron chi connectivity index (χ3n) is 3.96. The third kappa shape index (κ3) is 9.49. The Morgan fingerprint density at radius 2 is 1.57 bits per heavy atom. The van der Waals surface area contributed by atoms with Crippen LogP contribution in [-0.4, -0.2) is 57.7 Å². The van der Waals surface area contributed by atoms with E-state index in [-0.39, 0.29) is 19.4 Å². The first kappa shape index (κ1) is 22.6. The Bertz CT molecular complexity index is 733. The summed E-state index contributed by atoms with van der Waals surface area (Å²) in [5.74, 6) is 0.645. The largest absolute Gasteiger partial charge is 0.778 e. The van der Waals surface area contributed by atoms with Crippen molar-refractivity contribution < 1.29 is 27.9 Å². The molecule has 0 saturated heterocycles. The standard InChI is InChI=1S/C21H30NO5P/c1-22(2,3)14-15-28(23,24)26-18-21(27-20-12-8-5-9-13-20)17-25-16-19-10-6-4-7-11-19/h4-13,21H,14-18H2,1-3H3. The van der Waals surface area contributed by atoms with E-state index in [9.17, 15) is 9.46 Å². The molecule has 7 heteroatoms. The minimum absolute atomic E-state index is 0.0145. The normalized spacial score (nSPS) is 15.0. The van der Waals surface area contributed by atoms with Crippen molar-refractivity contribution >= 4 is 7.60 Å². The molecule has 2 unspecified atom stereocenters. The topological polar surface area (TPSA) is 67.8 Å². The number of nitrogens with zero attached hydrogens (tertiary/aromatic N) is 1. The van der Waals surface area contributed by atoms with Gasteiger partial charge in [-0.25, -0.2) is 0 Å². The third-order valence-corrected chi connectivity index (χ3v) is 5.25. The molecule has 0 aliphatic rings. The summed E-state index contributed by atoms with van der Waals surface area (Å²) in [6, 6.07) is 19.0. The molecule has 2 aromatic rings. The van der Waals surface area contributed by atoms with Gasteiger partial charge in [-0.05, 0) is 17.7 Å². The quantitative estimate of drug-likeness (QED) is 0.400. The van der Waals surface area contributed by atoms with Crippen LogP contribution in [0.3, 0.4) is 0 Å². The summed E-state index contributed by atoms with van der Waals surface area (Å²) in [5.41, 5.74) is 1.04. The Kier molecular flexibility index (Phi) is 8.67. The molecule has 2 rings (SSSR count). The van der Waals surface area contributed by atoms with Crippen LogP contribution in [0.25, 0.3) is 0 Å². The molecule has 0 amide bonds. The number of quaternary nitrogens is 1. The fraction of sp³-hybridized carbons (Fsp3) is 0.429. The molecular formula is C21H30NO5P. The molecule has 28 heavy (non-hydrogen) atoms. The summed E-state index contributed by atoms with van der Waals surface area (Å²) in [4.78, 5) is 12.2. The molecule has 0 aliphatic carbocycles. The second kappa shape index (κ2) is 10.7. The highest BCUT2D eigenvalue weighted by molar-refractivity contribution is 7.51. The summed E-state index contributed by atoms with van der Waals surface area (Å²) in [6.07, 6.45) is -0.545. The highest BCUT2D eigenvalue weighted by Gasteiger charge is 2.19. The van der Waals surface area contributed by atoms with E-state index in [1.54, 1.807) is 0 Å². The van der Waals surface area contributed by atoms with E-state index in [0.29, 0.717) is 23.4 Å². The summed E-state index contributed by atoms with van der Waals surface area (Å²) in [6.45, 7) is 1.04. The van der Waals surface area contributed by atoms with Crippen LogP contribution in [0.2, 0.25) is 0 Å². The van der Waals surface area contributed by atoms with Gasteiger partial charge in [0.1, 0.15) is 19.4 Å². The maximum Gasteiger partial charge on any atom is 0.146 e. The lowest BCUT2D eigenvalue weighted by Gasteiger charge is -2.30. The van der Waals surface area contributed by atoms with Gasteiger partial charge in [0.15, 0.2) is 0 Å². The Morgan fingerprint density at radius 1 is 0.964 bits per heavy atom. The van der Waals surface area contributed by atoms with Gasteiger partial charge in [0.2, 0.25) is 0 Å². The minimum atomic E-state index is -3.94. The molecule has 0 radical (unpaired) electrons. The SMILES string of the molecule is C[N+](C)(C)CCP(=O)([O-])OCC(COCc1ccccc1)Oc1ccccc1. The van der Waals surface area contributed by atoms with Gasteiger partial charge in [0.25, 0.3) is 0 Å². The number of rotatable bonds is 12. The van der Waals surface area contributed by atoms with Crippen molar-refractivity contribution in [3.05, 3.63) is 66.2 Å². The van der Waals surface area contributed by atoms with Crippen molar-refractivity contribution in [2.24, 2.45) is 0 Å². The van der Waals surface area contributed by atoms with E-state index in [2.05, 4.69) is 0 Å². The van der Waals surface area contributed by atoms with Crippen LogP contribution in [0.1, 0.15) is 5.56 Å². The second-order valence-electron chi connectivity index (χ2n) is 7.70.